The van der Waals surface area contributed by atoms with Gasteiger partial charge in [-0.2, -0.15) is 0 Å². The molecule has 1 fully saturated rings. The molecule has 1 saturated heterocycles. The van der Waals surface area contributed by atoms with Crippen LogP contribution < -0.4 is 10.5 Å². The molecule has 106 valence electrons. The SMILES string of the molecule is CC(N)c1ccc2ccccc2c1OCC1CCCO1. The first-order valence-corrected chi connectivity index (χ1v) is 7.27. The van der Waals surface area contributed by atoms with Gasteiger partial charge in [0.05, 0.1) is 6.10 Å². The predicted octanol–water partition coefficient (Wildman–Crippen LogP) is 3.42. The highest BCUT2D eigenvalue weighted by Crippen LogP contribution is 2.33. The molecule has 2 unspecified atom stereocenters. The van der Waals surface area contributed by atoms with Crippen LogP contribution in [0, 0.1) is 0 Å². The van der Waals surface area contributed by atoms with Gasteiger partial charge in [0.15, 0.2) is 0 Å². The molecule has 0 bridgehead atoms. The highest BCUT2D eigenvalue weighted by Gasteiger charge is 2.18. The van der Waals surface area contributed by atoms with Crippen molar-refractivity contribution in [3.8, 4) is 5.75 Å². The second-order valence-electron chi connectivity index (χ2n) is 5.44. The van der Waals surface area contributed by atoms with Gasteiger partial charge in [0.2, 0.25) is 0 Å². The maximum absolute atomic E-state index is 6.09. The van der Waals surface area contributed by atoms with Gasteiger partial charge in [-0.15, -0.1) is 0 Å². The van der Waals surface area contributed by atoms with E-state index in [4.69, 9.17) is 15.2 Å². The predicted molar refractivity (Wildman–Crippen MR) is 81.0 cm³/mol. The molecule has 0 saturated carbocycles. The summed E-state index contributed by atoms with van der Waals surface area (Å²) in [6.07, 6.45) is 2.43. The Hall–Kier alpha value is -1.58. The number of hydrogen-bond acceptors (Lipinski definition) is 3. The lowest BCUT2D eigenvalue weighted by Gasteiger charge is -2.18. The lowest BCUT2D eigenvalue weighted by molar-refractivity contribution is 0.0681. The van der Waals surface area contributed by atoms with Crippen molar-refractivity contribution in [3.63, 3.8) is 0 Å². The number of ether oxygens (including phenoxy) is 2. The Labute approximate surface area is 119 Å². The van der Waals surface area contributed by atoms with Gasteiger partial charge < -0.3 is 15.2 Å². The van der Waals surface area contributed by atoms with Gasteiger partial charge >= 0.3 is 0 Å². The van der Waals surface area contributed by atoms with Crippen molar-refractivity contribution in [2.45, 2.75) is 31.9 Å². The summed E-state index contributed by atoms with van der Waals surface area (Å²) in [5.41, 5.74) is 7.14. The Balaban J connectivity index is 1.94. The fourth-order valence-corrected chi connectivity index (χ4v) is 2.73. The fourth-order valence-electron chi connectivity index (χ4n) is 2.73. The normalized spacial score (nSPS) is 20.2. The van der Waals surface area contributed by atoms with Crippen LogP contribution in [0.5, 0.6) is 5.75 Å². The van der Waals surface area contributed by atoms with E-state index in [0.29, 0.717) is 6.61 Å². The second kappa shape index (κ2) is 5.81. The number of nitrogens with two attached hydrogens (primary N) is 1. The number of benzene rings is 2. The molecule has 20 heavy (non-hydrogen) atoms. The van der Waals surface area contributed by atoms with Crippen molar-refractivity contribution < 1.29 is 9.47 Å². The van der Waals surface area contributed by atoms with Crippen molar-refractivity contribution in [3.05, 3.63) is 42.0 Å². The van der Waals surface area contributed by atoms with Gasteiger partial charge in [0.25, 0.3) is 0 Å². The molecule has 1 heterocycles. The lowest BCUT2D eigenvalue weighted by atomic mass is 10.0. The van der Waals surface area contributed by atoms with Crippen LogP contribution in [0.25, 0.3) is 10.8 Å². The van der Waals surface area contributed by atoms with Crippen molar-refractivity contribution in [2.24, 2.45) is 5.73 Å². The number of fused-ring (bicyclic) bond motifs is 1. The van der Waals surface area contributed by atoms with Crippen molar-refractivity contribution in [1.82, 2.24) is 0 Å². The van der Waals surface area contributed by atoms with Crippen LogP contribution in [0.3, 0.4) is 0 Å². The smallest absolute Gasteiger partial charge is 0.132 e. The van der Waals surface area contributed by atoms with Crippen molar-refractivity contribution >= 4 is 10.8 Å². The largest absolute Gasteiger partial charge is 0.490 e. The Morgan fingerprint density at radius 2 is 2.15 bits per heavy atom. The van der Waals surface area contributed by atoms with Crippen LogP contribution in [0.15, 0.2) is 36.4 Å². The third-order valence-electron chi connectivity index (χ3n) is 3.84. The van der Waals surface area contributed by atoms with Crippen LogP contribution in [-0.4, -0.2) is 19.3 Å². The summed E-state index contributed by atoms with van der Waals surface area (Å²) in [6.45, 7) is 3.44. The molecule has 2 aromatic carbocycles. The molecule has 2 atom stereocenters. The van der Waals surface area contributed by atoms with Crippen LogP contribution in [-0.2, 0) is 4.74 Å². The topological polar surface area (TPSA) is 44.5 Å². The zero-order valence-corrected chi connectivity index (χ0v) is 11.8. The van der Waals surface area contributed by atoms with Gasteiger partial charge in [-0.25, -0.2) is 0 Å². The van der Waals surface area contributed by atoms with E-state index in [0.717, 1.165) is 36.1 Å². The molecular weight excluding hydrogens is 250 g/mol. The molecule has 0 spiro atoms. The molecule has 0 radical (unpaired) electrons. The number of hydrogen-bond donors (Lipinski definition) is 1. The second-order valence-corrected chi connectivity index (χ2v) is 5.44. The maximum Gasteiger partial charge on any atom is 0.132 e. The molecule has 3 rings (SSSR count). The van der Waals surface area contributed by atoms with Crippen molar-refractivity contribution in [2.75, 3.05) is 13.2 Å². The van der Waals surface area contributed by atoms with E-state index >= 15 is 0 Å². The van der Waals surface area contributed by atoms with Gasteiger partial charge in [0.1, 0.15) is 12.4 Å². The monoisotopic (exact) mass is 271 g/mol. The highest BCUT2D eigenvalue weighted by atomic mass is 16.5. The molecule has 2 N–H and O–H groups in total. The van der Waals surface area contributed by atoms with Gasteiger partial charge in [0, 0.05) is 23.6 Å². The van der Waals surface area contributed by atoms with Crippen LogP contribution in [0.2, 0.25) is 0 Å². The molecule has 1 aliphatic rings. The molecule has 0 aromatic heterocycles. The van der Waals surface area contributed by atoms with E-state index in [2.05, 4.69) is 24.3 Å². The molecular formula is C17H21NO2. The summed E-state index contributed by atoms with van der Waals surface area (Å²) in [6, 6.07) is 12.4. The highest BCUT2D eigenvalue weighted by molar-refractivity contribution is 5.89. The first-order valence-electron chi connectivity index (χ1n) is 7.27. The summed E-state index contributed by atoms with van der Waals surface area (Å²) in [4.78, 5) is 0. The maximum atomic E-state index is 6.09. The minimum absolute atomic E-state index is 0.0425. The molecule has 2 aromatic rings. The quantitative estimate of drug-likeness (QED) is 0.926. The van der Waals surface area contributed by atoms with E-state index in [9.17, 15) is 0 Å². The van der Waals surface area contributed by atoms with E-state index in [1.165, 1.54) is 5.39 Å². The van der Waals surface area contributed by atoms with Crippen LogP contribution in [0.1, 0.15) is 31.4 Å². The van der Waals surface area contributed by atoms with Gasteiger partial charge in [-0.1, -0.05) is 36.4 Å². The average Bonchev–Trinajstić information content (AvgIpc) is 2.97. The Kier molecular flexibility index (Phi) is 3.90. The van der Waals surface area contributed by atoms with Crippen LogP contribution >= 0.6 is 0 Å². The molecule has 1 aliphatic heterocycles. The minimum atomic E-state index is -0.0425. The summed E-state index contributed by atoms with van der Waals surface area (Å²) >= 11 is 0. The Bertz CT molecular complexity index is 589. The first kappa shape index (κ1) is 13.4. The summed E-state index contributed by atoms with van der Waals surface area (Å²) in [5.74, 6) is 0.911. The first-order chi connectivity index (χ1) is 9.75. The number of rotatable bonds is 4. The average molecular weight is 271 g/mol. The third-order valence-corrected chi connectivity index (χ3v) is 3.84. The Morgan fingerprint density at radius 1 is 1.30 bits per heavy atom. The summed E-state index contributed by atoms with van der Waals surface area (Å²) in [5, 5.41) is 2.31. The van der Waals surface area contributed by atoms with Crippen LogP contribution in [0.4, 0.5) is 0 Å². The van der Waals surface area contributed by atoms with E-state index in [1.54, 1.807) is 0 Å². The summed E-state index contributed by atoms with van der Waals surface area (Å²) in [7, 11) is 0. The lowest BCUT2D eigenvalue weighted by Crippen LogP contribution is -2.18. The van der Waals surface area contributed by atoms with Crippen molar-refractivity contribution in [1.29, 1.82) is 0 Å². The zero-order chi connectivity index (χ0) is 13.9. The zero-order valence-electron chi connectivity index (χ0n) is 11.8. The molecule has 0 amide bonds. The minimum Gasteiger partial charge on any atom is -0.490 e. The fraction of sp³-hybridized carbons (Fsp3) is 0.412. The van der Waals surface area contributed by atoms with Gasteiger partial charge in [-0.05, 0) is 25.2 Å². The molecule has 3 nitrogen and oxygen atoms in total. The van der Waals surface area contributed by atoms with Gasteiger partial charge in [-0.3, -0.25) is 0 Å². The van der Waals surface area contributed by atoms with E-state index < -0.39 is 0 Å². The van der Waals surface area contributed by atoms with E-state index in [1.807, 2.05) is 19.1 Å². The molecule has 3 heteroatoms. The third kappa shape index (κ3) is 2.65. The Morgan fingerprint density at radius 3 is 2.90 bits per heavy atom. The van der Waals surface area contributed by atoms with E-state index in [-0.39, 0.29) is 12.1 Å². The molecule has 0 aliphatic carbocycles. The summed E-state index contributed by atoms with van der Waals surface area (Å²) < 4.78 is 11.7. The standard InChI is InChI=1S/C17H21NO2/c1-12(18)15-9-8-13-5-2-3-7-16(13)17(15)20-11-14-6-4-10-19-14/h2-3,5,7-9,12,14H,4,6,10-11,18H2,1H3.